The van der Waals surface area contributed by atoms with Crippen molar-refractivity contribution in [1.29, 1.82) is 0 Å². The molecule has 1 aliphatic rings. The van der Waals surface area contributed by atoms with Crippen molar-refractivity contribution in [3.63, 3.8) is 0 Å². The molecule has 3 N–H and O–H groups in total. The molecule has 0 aliphatic carbocycles. The third kappa shape index (κ3) is 4.28. The molecule has 0 bridgehead atoms. The van der Waals surface area contributed by atoms with Crippen molar-refractivity contribution in [2.24, 2.45) is 5.73 Å². The summed E-state index contributed by atoms with van der Waals surface area (Å²) in [5.74, 6) is -0.916. The Morgan fingerprint density at radius 1 is 1.27 bits per heavy atom. The van der Waals surface area contributed by atoms with Gasteiger partial charge in [-0.3, -0.25) is 24.3 Å². The topological polar surface area (TPSA) is 115 Å². The zero-order valence-corrected chi connectivity index (χ0v) is 16.6. The fourth-order valence-electron chi connectivity index (χ4n) is 3.60. The molecule has 0 unspecified atom stereocenters. The number of nitrogens with one attached hydrogen (secondary N) is 1. The van der Waals surface area contributed by atoms with Crippen molar-refractivity contribution < 1.29 is 9.18 Å². The average molecular weight is 410 g/mol. The molecule has 0 aromatic carbocycles. The number of halogens is 1. The Morgan fingerprint density at radius 3 is 2.73 bits per heavy atom. The minimum atomic E-state index is -0.623. The van der Waals surface area contributed by atoms with Crippen molar-refractivity contribution in [1.82, 2.24) is 29.6 Å². The molecular weight excluding hydrogens is 387 g/mol. The minimum Gasteiger partial charge on any atom is -0.365 e. The second-order valence-electron chi connectivity index (χ2n) is 7.66. The maximum Gasteiger partial charge on any atom is 0.254 e. The molecule has 0 atom stereocenters. The number of likely N-dealkylation sites (tertiary alicyclic amines) is 1. The van der Waals surface area contributed by atoms with E-state index in [1.165, 1.54) is 12.3 Å². The molecule has 3 aromatic rings. The first-order chi connectivity index (χ1) is 14.4. The second kappa shape index (κ2) is 8.15. The predicted molar refractivity (Wildman–Crippen MR) is 108 cm³/mol. The number of anilines is 2. The number of carbonyl (C=O) groups is 1. The van der Waals surface area contributed by atoms with E-state index in [-0.39, 0.29) is 11.1 Å². The first-order valence-electron chi connectivity index (χ1n) is 9.69. The van der Waals surface area contributed by atoms with Crippen LogP contribution in [0.4, 0.5) is 15.9 Å². The standard InChI is InChI=1S/C20H23FN8O/c1-20(3-8-28(9-4-20)12-15-11-23-6-7-24-15)29-13-16(18(22)30)19(27-29)26-14-2-5-25-17(21)10-14/h2,5-7,10-11,13H,3-4,8-9,12H2,1H3,(H2,22,30)(H,25,26,27). The normalized spacial score (nSPS) is 16.3. The lowest BCUT2D eigenvalue weighted by molar-refractivity contribution is 0.0997. The number of aromatic nitrogens is 5. The van der Waals surface area contributed by atoms with Crippen LogP contribution in [0.3, 0.4) is 0 Å². The Morgan fingerprint density at radius 2 is 2.07 bits per heavy atom. The van der Waals surface area contributed by atoms with Gasteiger partial charge in [0.2, 0.25) is 5.95 Å². The molecule has 30 heavy (non-hydrogen) atoms. The zero-order chi connectivity index (χ0) is 21.1. The molecule has 3 aromatic heterocycles. The molecule has 1 saturated heterocycles. The number of piperidine rings is 1. The Hall–Kier alpha value is -3.40. The molecule has 10 heteroatoms. The van der Waals surface area contributed by atoms with Crippen LogP contribution in [0.25, 0.3) is 0 Å². The van der Waals surface area contributed by atoms with Gasteiger partial charge in [0.15, 0.2) is 5.82 Å². The van der Waals surface area contributed by atoms with Crippen LogP contribution in [-0.4, -0.2) is 48.6 Å². The van der Waals surface area contributed by atoms with Gasteiger partial charge >= 0.3 is 0 Å². The first-order valence-corrected chi connectivity index (χ1v) is 9.69. The fourth-order valence-corrected chi connectivity index (χ4v) is 3.60. The maximum atomic E-state index is 13.4. The van der Waals surface area contributed by atoms with Crippen LogP contribution in [0.15, 0.2) is 43.1 Å². The van der Waals surface area contributed by atoms with E-state index in [0.717, 1.165) is 38.2 Å². The van der Waals surface area contributed by atoms with Crippen LogP contribution in [0.1, 0.15) is 35.8 Å². The van der Waals surface area contributed by atoms with Crippen LogP contribution >= 0.6 is 0 Å². The molecule has 1 amide bonds. The highest BCUT2D eigenvalue weighted by molar-refractivity contribution is 5.98. The number of nitrogens with zero attached hydrogens (tertiary/aromatic N) is 6. The highest BCUT2D eigenvalue weighted by Gasteiger charge is 2.34. The van der Waals surface area contributed by atoms with Crippen LogP contribution in [0.5, 0.6) is 0 Å². The van der Waals surface area contributed by atoms with E-state index in [2.05, 4.69) is 37.2 Å². The molecule has 0 radical (unpaired) electrons. The predicted octanol–water partition coefficient (Wildman–Crippen LogP) is 2.06. The number of pyridine rings is 1. The van der Waals surface area contributed by atoms with Gasteiger partial charge in [-0.15, -0.1) is 0 Å². The molecule has 4 heterocycles. The Labute approximate surface area is 173 Å². The maximum absolute atomic E-state index is 13.4. The molecule has 1 aliphatic heterocycles. The quantitative estimate of drug-likeness (QED) is 0.598. The third-order valence-corrected chi connectivity index (χ3v) is 5.46. The number of carbonyl (C=O) groups excluding carboxylic acids is 1. The van der Waals surface area contributed by atoms with Crippen molar-refractivity contribution in [3.05, 3.63) is 60.3 Å². The Balaban J connectivity index is 1.50. The van der Waals surface area contributed by atoms with Gasteiger partial charge < -0.3 is 11.1 Å². The van der Waals surface area contributed by atoms with Crippen LogP contribution in [0, 0.1) is 5.95 Å². The van der Waals surface area contributed by atoms with Gasteiger partial charge in [-0.2, -0.15) is 9.49 Å². The second-order valence-corrected chi connectivity index (χ2v) is 7.66. The van der Waals surface area contributed by atoms with E-state index in [1.54, 1.807) is 35.5 Å². The molecule has 9 nitrogen and oxygen atoms in total. The smallest absolute Gasteiger partial charge is 0.254 e. The van der Waals surface area contributed by atoms with Crippen molar-refractivity contribution in [2.75, 3.05) is 18.4 Å². The monoisotopic (exact) mass is 410 g/mol. The number of hydrogen-bond donors (Lipinski definition) is 2. The van der Waals surface area contributed by atoms with E-state index in [4.69, 9.17) is 5.73 Å². The van der Waals surface area contributed by atoms with E-state index < -0.39 is 11.9 Å². The molecule has 156 valence electrons. The molecule has 4 rings (SSSR count). The van der Waals surface area contributed by atoms with E-state index in [1.807, 2.05) is 0 Å². The Kier molecular flexibility index (Phi) is 5.40. The minimum absolute atomic E-state index is 0.260. The van der Waals surface area contributed by atoms with Gasteiger partial charge in [0.1, 0.15) is 5.56 Å². The summed E-state index contributed by atoms with van der Waals surface area (Å²) in [6, 6.07) is 2.83. The average Bonchev–Trinajstić information content (AvgIpc) is 3.16. The third-order valence-electron chi connectivity index (χ3n) is 5.46. The fraction of sp³-hybridized carbons (Fsp3) is 0.350. The van der Waals surface area contributed by atoms with Gasteiger partial charge in [-0.05, 0) is 25.8 Å². The number of amides is 1. The van der Waals surface area contributed by atoms with Gasteiger partial charge in [-0.25, -0.2) is 4.98 Å². The SMILES string of the molecule is CC1(n2cc(C(N)=O)c(Nc3ccnc(F)c3)n2)CCN(Cc2cnccn2)CC1. The van der Waals surface area contributed by atoms with E-state index in [9.17, 15) is 9.18 Å². The van der Waals surface area contributed by atoms with Crippen LogP contribution < -0.4 is 11.1 Å². The summed E-state index contributed by atoms with van der Waals surface area (Å²) in [7, 11) is 0. The van der Waals surface area contributed by atoms with Gasteiger partial charge in [0.25, 0.3) is 5.91 Å². The summed E-state index contributed by atoms with van der Waals surface area (Å²) in [4.78, 5) is 26.3. The van der Waals surface area contributed by atoms with Crippen molar-refractivity contribution >= 4 is 17.4 Å². The lowest BCUT2D eigenvalue weighted by Crippen LogP contribution is -2.44. The number of rotatable bonds is 6. The number of primary amides is 1. The highest BCUT2D eigenvalue weighted by Crippen LogP contribution is 2.32. The summed E-state index contributed by atoms with van der Waals surface area (Å²) in [5.41, 5.74) is 6.92. The summed E-state index contributed by atoms with van der Waals surface area (Å²) < 4.78 is 15.2. The molecular formula is C20H23FN8O. The van der Waals surface area contributed by atoms with Crippen molar-refractivity contribution in [3.8, 4) is 0 Å². The summed E-state index contributed by atoms with van der Waals surface area (Å²) in [6.07, 6.45) is 9.83. The largest absolute Gasteiger partial charge is 0.365 e. The Bertz CT molecular complexity index is 1030. The van der Waals surface area contributed by atoms with E-state index in [0.29, 0.717) is 11.5 Å². The summed E-state index contributed by atoms with van der Waals surface area (Å²) in [6.45, 7) is 4.57. The summed E-state index contributed by atoms with van der Waals surface area (Å²) >= 11 is 0. The van der Waals surface area contributed by atoms with E-state index >= 15 is 0 Å². The van der Waals surface area contributed by atoms with Gasteiger partial charge in [0.05, 0.1) is 11.2 Å². The van der Waals surface area contributed by atoms with Crippen LogP contribution in [0.2, 0.25) is 0 Å². The van der Waals surface area contributed by atoms with Crippen LogP contribution in [-0.2, 0) is 12.1 Å². The zero-order valence-electron chi connectivity index (χ0n) is 16.6. The van der Waals surface area contributed by atoms with Gasteiger partial charge in [0, 0.05) is 62.4 Å². The molecule has 0 saturated carbocycles. The van der Waals surface area contributed by atoms with Gasteiger partial charge in [-0.1, -0.05) is 0 Å². The lowest BCUT2D eigenvalue weighted by Gasteiger charge is -2.39. The molecule has 0 spiro atoms. The lowest BCUT2D eigenvalue weighted by atomic mass is 9.89. The van der Waals surface area contributed by atoms with Crippen molar-refractivity contribution in [2.45, 2.75) is 31.8 Å². The highest BCUT2D eigenvalue weighted by atomic mass is 19.1. The number of hydrogen-bond acceptors (Lipinski definition) is 7. The first kappa shape index (κ1) is 19.9. The summed E-state index contributed by atoms with van der Waals surface area (Å²) in [5, 5.41) is 7.56. The molecule has 1 fully saturated rings. The number of nitrogens with two attached hydrogens (primary N) is 1.